The Morgan fingerprint density at radius 1 is 1.14 bits per heavy atom. The van der Waals surface area contributed by atoms with Gasteiger partial charge in [-0.2, -0.15) is 0 Å². The number of hydrogen-bond donors (Lipinski definition) is 2. The van der Waals surface area contributed by atoms with Crippen molar-refractivity contribution in [2.24, 2.45) is 5.73 Å². The lowest BCUT2D eigenvalue weighted by Gasteiger charge is -2.16. The predicted molar refractivity (Wildman–Crippen MR) is 81.5 cm³/mol. The van der Waals surface area contributed by atoms with Crippen molar-refractivity contribution in [2.75, 3.05) is 21.3 Å². The van der Waals surface area contributed by atoms with Gasteiger partial charge in [0.25, 0.3) is 5.91 Å². The van der Waals surface area contributed by atoms with Crippen molar-refractivity contribution in [1.82, 2.24) is 5.32 Å². The lowest BCUT2D eigenvalue weighted by Crippen LogP contribution is -2.33. The van der Waals surface area contributed by atoms with Crippen LogP contribution in [-0.4, -0.2) is 39.2 Å². The molecule has 0 radical (unpaired) electrons. The third-order valence-corrected chi connectivity index (χ3v) is 3.13. The second-order valence-corrected chi connectivity index (χ2v) is 4.79. The van der Waals surface area contributed by atoms with Gasteiger partial charge in [0.15, 0.2) is 11.5 Å². The van der Waals surface area contributed by atoms with Crippen molar-refractivity contribution >= 4 is 11.8 Å². The fourth-order valence-electron chi connectivity index (χ4n) is 1.95. The van der Waals surface area contributed by atoms with Gasteiger partial charge in [-0.15, -0.1) is 0 Å². The summed E-state index contributed by atoms with van der Waals surface area (Å²) in [6.07, 6.45) is 0.697. The highest BCUT2D eigenvalue weighted by molar-refractivity contribution is 5.95. The van der Waals surface area contributed by atoms with Crippen LogP contribution in [0.3, 0.4) is 0 Å². The molecule has 0 aliphatic carbocycles. The molecule has 1 aromatic rings. The summed E-state index contributed by atoms with van der Waals surface area (Å²) < 4.78 is 15.6. The Kier molecular flexibility index (Phi) is 6.49. The average molecular weight is 310 g/mol. The maximum Gasteiger partial charge on any atom is 0.251 e. The molecule has 2 amide bonds. The molecule has 0 aromatic heterocycles. The topological polar surface area (TPSA) is 99.9 Å². The van der Waals surface area contributed by atoms with Gasteiger partial charge < -0.3 is 25.3 Å². The van der Waals surface area contributed by atoms with Crippen LogP contribution in [0.2, 0.25) is 0 Å². The van der Waals surface area contributed by atoms with Crippen molar-refractivity contribution in [3.8, 4) is 17.2 Å². The zero-order valence-electron chi connectivity index (χ0n) is 13.3. The number of hydrogen-bond acceptors (Lipinski definition) is 5. The highest BCUT2D eigenvalue weighted by Gasteiger charge is 2.18. The van der Waals surface area contributed by atoms with Gasteiger partial charge in [-0.1, -0.05) is 0 Å². The molecule has 0 aliphatic heterocycles. The van der Waals surface area contributed by atoms with Gasteiger partial charge in [-0.3, -0.25) is 9.59 Å². The standard InChI is InChI=1S/C15H22N2O5/c1-9(5-6-13(16)18)17-15(19)10-7-11(20-2)14(22-4)12(8-10)21-3/h7-9H,5-6H2,1-4H3,(H2,16,18)(H,17,19). The lowest BCUT2D eigenvalue weighted by atomic mass is 10.1. The van der Waals surface area contributed by atoms with E-state index in [4.69, 9.17) is 19.9 Å². The smallest absolute Gasteiger partial charge is 0.251 e. The van der Waals surface area contributed by atoms with Crippen LogP contribution in [-0.2, 0) is 4.79 Å². The normalized spacial score (nSPS) is 11.5. The first-order chi connectivity index (χ1) is 10.4. The van der Waals surface area contributed by atoms with Crippen LogP contribution >= 0.6 is 0 Å². The van der Waals surface area contributed by atoms with Crippen LogP contribution in [0.1, 0.15) is 30.1 Å². The average Bonchev–Trinajstić information content (AvgIpc) is 2.51. The highest BCUT2D eigenvalue weighted by Crippen LogP contribution is 2.38. The van der Waals surface area contributed by atoms with Crippen molar-refractivity contribution in [3.63, 3.8) is 0 Å². The summed E-state index contributed by atoms with van der Waals surface area (Å²) in [5.41, 5.74) is 5.47. The summed E-state index contributed by atoms with van der Waals surface area (Å²) in [5.74, 6) is 0.530. The molecule has 0 bridgehead atoms. The minimum Gasteiger partial charge on any atom is -0.493 e. The summed E-state index contributed by atoms with van der Waals surface area (Å²) in [6, 6.07) is 2.95. The van der Waals surface area contributed by atoms with Gasteiger partial charge in [0.1, 0.15) is 0 Å². The van der Waals surface area contributed by atoms with E-state index in [1.807, 2.05) is 0 Å². The lowest BCUT2D eigenvalue weighted by molar-refractivity contribution is -0.118. The molecule has 1 rings (SSSR count). The van der Waals surface area contributed by atoms with Crippen LogP contribution in [0.4, 0.5) is 0 Å². The molecule has 22 heavy (non-hydrogen) atoms. The molecule has 0 heterocycles. The SMILES string of the molecule is COc1cc(C(=O)NC(C)CCC(N)=O)cc(OC)c1OC. The summed E-state index contributed by atoms with van der Waals surface area (Å²) in [6.45, 7) is 1.80. The van der Waals surface area contributed by atoms with E-state index < -0.39 is 5.91 Å². The molecule has 1 unspecified atom stereocenters. The quantitative estimate of drug-likeness (QED) is 0.749. The van der Waals surface area contributed by atoms with E-state index in [0.29, 0.717) is 29.2 Å². The number of carbonyl (C=O) groups excluding carboxylic acids is 2. The summed E-state index contributed by atoms with van der Waals surface area (Å²) in [4.78, 5) is 23.0. The largest absolute Gasteiger partial charge is 0.493 e. The minimum absolute atomic E-state index is 0.181. The first-order valence-electron chi connectivity index (χ1n) is 6.82. The molecular weight excluding hydrogens is 288 g/mol. The number of nitrogens with two attached hydrogens (primary N) is 1. The number of amides is 2. The molecule has 3 N–H and O–H groups in total. The molecule has 0 aliphatic rings. The second-order valence-electron chi connectivity index (χ2n) is 4.79. The van der Waals surface area contributed by atoms with E-state index in [1.54, 1.807) is 19.1 Å². The third-order valence-electron chi connectivity index (χ3n) is 3.13. The summed E-state index contributed by atoms with van der Waals surface area (Å²) in [7, 11) is 4.45. The van der Waals surface area contributed by atoms with E-state index in [1.165, 1.54) is 21.3 Å². The minimum atomic E-state index is -0.395. The molecule has 0 spiro atoms. The van der Waals surface area contributed by atoms with Crippen molar-refractivity contribution in [2.45, 2.75) is 25.8 Å². The maximum atomic E-state index is 12.3. The Morgan fingerprint density at radius 2 is 1.68 bits per heavy atom. The van der Waals surface area contributed by atoms with E-state index in [0.717, 1.165) is 0 Å². The zero-order chi connectivity index (χ0) is 16.7. The van der Waals surface area contributed by atoms with Crippen LogP contribution < -0.4 is 25.3 Å². The Labute approximate surface area is 129 Å². The molecular formula is C15H22N2O5. The highest BCUT2D eigenvalue weighted by atomic mass is 16.5. The Balaban J connectivity index is 2.91. The third kappa shape index (κ3) is 4.54. The number of ether oxygens (including phenoxy) is 3. The van der Waals surface area contributed by atoms with Crippen molar-refractivity contribution in [1.29, 1.82) is 0 Å². The molecule has 1 aromatic carbocycles. The number of benzene rings is 1. The van der Waals surface area contributed by atoms with Crippen LogP contribution in [0, 0.1) is 0 Å². The molecule has 7 heteroatoms. The van der Waals surface area contributed by atoms with Gasteiger partial charge in [0.05, 0.1) is 21.3 Å². The van der Waals surface area contributed by atoms with E-state index in [2.05, 4.69) is 5.32 Å². The predicted octanol–water partition coefficient (Wildman–Crippen LogP) is 1.10. The van der Waals surface area contributed by atoms with Gasteiger partial charge in [-0.05, 0) is 25.5 Å². The fourth-order valence-corrected chi connectivity index (χ4v) is 1.95. The Morgan fingerprint density at radius 3 is 2.09 bits per heavy atom. The van der Waals surface area contributed by atoms with Gasteiger partial charge >= 0.3 is 0 Å². The van der Waals surface area contributed by atoms with Gasteiger partial charge in [0, 0.05) is 18.0 Å². The monoisotopic (exact) mass is 310 g/mol. The van der Waals surface area contributed by atoms with Crippen LogP contribution in [0.25, 0.3) is 0 Å². The molecule has 7 nitrogen and oxygen atoms in total. The Bertz CT molecular complexity index is 520. The second kappa shape index (κ2) is 8.11. The molecule has 1 atom stereocenters. The fraction of sp³-hybridized carbons (Fsp3) is 0.467. The Hall–Kier alpha value is -2.44. The zero-order valence-corrected chi connectivity index (χ0v) is 13.3. The summed E-state index contributed by atoms with van der Waals surface area (Å²) in [5, 5.41) is 2.79. The first-order valence-corrected chi connectivity index (χ1v) is 6.82. The van der Waals surface area contributed by atoms with Gasteiger partial charge in [0.2, 0.25) is 11.7 Å². The van der Waals surface area contributed by atoms with Crippen LogP contribution in [0.5, 0.6) is 17.2 Å². The maximum absolute atomic E-state index is 12.3. The van der Waals surface area contributed by atoms with E-state index in [-0.39, 0.29) is 18.4 Å². The number of rotatable bonds is 8. The number of nitrogens with one attached hydrogen (secondary N) is 1. The number of methoxy groups -OCH3 is 3. The molecule has 0 saturated carbocycles. The number of carbonyl (C=O) groups is 2. The van der Waals surface area contributed by atoms with Crippen LogP contribution in [0.15, 0.2) is 12.1 Å². The first kappa shape index (κ1) is 17.6. The molecule has 0 fully saturated rings. The van der Waals surface area contributed by atoms with Crippen molar-refractivity contribution < 1.29 is 23.8 Å². The molecule has 122 valence electrons. The molecule has 0 saturated heterocycles. The summed E-state index contributed by atoms with van der Waals surface area (Å²) >= 11 is 0. The van der Waals surface area contributed by atoms with E-state index in [9.17, 15) is 9.59 Å². The number of primary amides is 1. The van der Waals surface area contributed by atoms with Crippen molar-refractivity contribution in [3.05, 3.63) is 17.7 Å². The van der Waals surface area contributed by atoms with E-state index >= 15 is 0 Å². The van der Waals surface area contributed by atoms with Gasteiger partial charge in [-0.25, -0.2) is 0 Å².